The van der Waals surface area contributed by atoms with Crippen molar-refractivity contribution in [1.82, 2.24) is 9.78 Å². The first kappa shape index (κ1) is 10.2. The SMILES string of the molecule is CCOC(CN)c1cnn(C)c1C. The third-order valence-electron chi connectivity index (χ3n) is 2.20. The van der Waals surface area contributed by atoms with Crippen molar-refractivity contribution >= 4 is 0 Å². The maximum Gasteiger partial charge on any atom is 0.0979 e. The minimum Gasteiger partial charge on any atom is -0.372 e. The molecule has 0 aromatic carbocycles. The molecule has 0 bridgehead atoms. The van der Waals surface area contributed by atoms with Crippen LogP contribution in [-0.2, 0) is 11.8 Å². The Morgan fingerprint density at radius 1 is 1.69 bits per heavy atom. The summed E-state index contributed by atoms with van der Waals surface area (Å²) < 4.78 is 7.32. The summed E-state index contributed by atoms with van der Waals surface area (Å²) in [7, 11) is 1.92. The number of hydrogen-bond donors (Lipinski definition) is 1. The van der Waals surface area contributed by atoms with Gasteiger partial charge in [0.25, 0.3) is 0 Å². The van der Waals surface area contributed by atoms with Gasteiger partial charge in [0.05, 0.1) is 12.3 Å². The highest BCUT2D eigenvalue weighted by atomic mass is 16.5. The zero-order valence-electron chi connectivity index (χ0n) is 8.45. The Labute approximate surface area is 78.7 Å². The van der Waals surface area contributed by atoms with Crippen molar-refractivity contribution in [2.24, 2.45) is 12.8 Å². The van der Waals surface area contributed by atoms with Gasteiger partial charge in [-0.25, -0.2) is 0 Å². The number of aryl methyl sites for hydroxylation is 1. The van der Waals surface area contributed by atoms with Gasteiger partial charge >= 0.3 is 0 Å². The van der Waals surface area contributed by atoms with E-state index in [0.717, 1.165) is 11.3 Å². The molecule has 0 fully saturated rings. The Hall–Kier alpha value is -0.870. The van der Waals surface area contributed by atoms with Gasteiger partial charge in [0, 0.05) is 31.5 Å². The monoisotopic (exact) mass is 183 g/mol. The van der Waals surface area contributed by atoms with E-state index in [1.807, 2.05) is 31.8 Å². The Bertz CT molecular complexity index is 270. The van der Waals surface area contributed by atoms with Crippen molar-refractivity contribution in [2.75, 3.05) is 13.2 Å². The second-order valence-corrected chi connectivity index (χ2v) is 2.99. The average Bonchev–Trinajstić information content (AvgIpc) is 2.45. The second kappa shape index (κ2) is 4.39. The summed E-state index contributed by atoms with van der Waals surface area (Å²) in [5, 5.41) is 4.15. The van der Waals surface area contributed by atoms with Crippen LogP contribution in [0.3, 0.4) is 0 Å². The van der Waals surface area contributed by atoms with Crippen LogP contribution in [0.25, 0.3) is 0 Å². The van der Waals surface area contributed by atoms with Gasteiger partial charge in [0.1, 0.15) is 0 Å². The molecule has 0 saturated carbocycles. The molecule has 13 heavy (non-hydrogen) atoms. The van der Waals surface area contributed by atoms with E-state index in [2.05, 4.69) is 5.10 Å². The zero-order valence-corrected chi connectivity index (χ0v) is 8.45. The van der Waals surface area contributed by atoms with Gasteiger partial charge in [-0.2, -0.15) is 5.10 Å². The maximum absolute atomic E-state index is 5.61. The van der Waals surface area contributed by atoms with Gasteiger partial charge in [-0.1, -0.05) is 0 Å². The van der Waals surface area contributed by atoms with Crippen LogP contribution in [0.15, 0.2) is 6.20 Å². The Morgan fingerprint density at radius 2 is 2.38 bits per heavy atom. The second-order valence-electron chi connectivity index (χ2n) is 2.99. The number of aromatic nitrogens is 2. The summed E-state index contributed by atoms with van der Waals surface area (Å²) in [6, 6.07) is 0. The van der Waals surface area contributed by atoms with E-state index in [1.54, 1.807) is 0 Å². The summed E-state index contributed by atoms with van der Waals surface area (Å²) >= 11 is 0. The summed E-state index contributed by atoms with van der Waals surface area (Å²) in [6.45, 7) is 5.16. The topological polar surface area (TPSA) is 53.1 Å². The van der Waals surface area contributed by atoms with Crippen LogP contribution in [0.5, 0.6) is 0 Å². The fourth-order valence-corrected chi connectivity index (χ4v) is 1.32. The third-order valence-corrected chi connectivity index (χ3v) is 2.20. The van der Waals surface area contributed by atoms with Gasteiger partial charge < -0.3 is 10.5 Å². The van der Waals surface area contributed by atoms with Gasteiger partial charge in [0.15, 0.2) is 0 Å². The Kier molecular flexibility index (Phi) is 3.45. The molecule has 1 rings (SSSR count). The number of nitrogens with zero attached hydrogens (tertiary/aromatic N) is 2. The van der Waals surface area contributed by atoms with Crippen LogP contribution < -0.4 is 5.73 Å². The van der Waals surface area contributed by atoms with E-state index < -0.39 is 0 Å². The van der Waals surface area contributed by atoms with E-state index in [1.165, 1.54) is 0 Å². The molecule has 1 atom stereocenters. The number of ether oxygens (including phenoxy) is 1. The molecule has 1 aromatic heterocycles. The quantitative estimate of drug-likeness (QED) is 0.750. The lowest BCUT2D eigenvalue weighted by molar-refractivity contribution is 0.0683. The highest BCUT2D eigenvalue weighted by molar-refractivity contribution is 5.19. The van der Waals surface area contributed by atoms with Crippen molar-refractivity contribution in [2.45, 2.75) is 20.0 Å². The van der Waals surface area contributed by atoms with E-state index in [0.29, 0.717) is 13.2 Å². The lowest BCUT2D eigenvalue weighted by atomic mass is 10.1. The van der Waals surface area contributed by atoms with Gasteiger partial charge in [0.2, 0.25) is 0 Å². The molecule has 4 heteroatoms. The van der Waals surface area contributed by atoms with Crippen molar-refractivity contribution in [3.05, 3.63) is 17.5 Å². The summed E-state index contributed by atoms with van der Waals surface area (Å²) in [5.74, 6) is 0. The molecule has 1 unspecified atom stereocenters. The molecule has 0 spiro atoms. The standard InChI is InChI=1S/C9H17N3O/c1-4-13-9(5-10)8-6-11-12(3)7(8)2/h6,9H,4-5,10H2,1-3H3. The molecule has 1 aromatic rings. The number of nitrogens with two attached hydrogens (primary N) is 1. The Morgan fingerprint density at radius 3 is 2.77 bits per heavy atom. The molecule has 0 aliphatic heterocycles. The fourth-order valence-electron chi connectivity index (χ4n) is 1.32. The van der Waals surface area contributed by atoms with Crippen molar-refractivity contribution in [1.29, 1.82) is 0 Å². The molecule has 0 saturated heterocycles. The van der Waals surface area contributed by atoms with Crippen LogP contribution in [0, 0.1) is 6.92 Å². The molecule has 2 N–H and O–H groups in total. The third kappa shape index (κ3) is 2.08. The Balaban J connectivity index is 2.84. The summed E-state index contributed by atoms with van der Waals surface area (Å²) in [6.07, 6.45) is 1.81. The summed E-state index contributed by atoms with van der Waals surface area (Å²) in [5.41, 5.74) is 7.81. The molecular formula is C9H17N3O. The maximum atomic E-state index is 5.61. The summed E-state index contributed by atoms with van der Waals surface area (Å²) in [4.78, 5) is 0. The van der Waals surface area contributed by atoms with E-state index in [4.69, 9.17) is 10.5 Å². The zero-order chi connectivity index (χ0) is 9.84. The van der Waals surface area contributed by atoms with Crippen LogP contribution >= 0.6 is 0 Å². The van der Waals surface area contributed by atoms with Gasteiger partial charge in [-0.3, -0.25) is 4.68 Å². The van der Waals surface area contributed by atoms with E-state index >= 15 is 0 Å². The van der Waals surface area contributed by atoms with Crippen LogP contribution in [0.4, 0.5) is 0 Å². The number of hydrogen-bond acceptors (Lipinski definition) is 3. The van der Waals surface area contributed by atoms with Crippen molar-refractivity contribution in [3.8, 4) is 0 Å². The molecule has 4 nitrogen and oxygen atoms in total. The fraction of sp³-hybridized carbons (Fsp3) is 0.667. The predicted molar refractivity (Wildman–Crippen MR) is 51.4 cm³/mol. The normalized spacial score (nSPS) is 13.2. The minimum absolute atomic E-state index is 0.0151. The van der Waals surface area contributed by atoms with Crippen LogP contribution in [0.2, 0.25) is 0 Å². The van der Waals surface area contributed by atoms with E-state index in [9.17, 15) is 0 Å². The van der Waals surface area contributed by atoms with Crippen LogP contribution in [-0.4, -0.2) is 22.9 Å². The first-order chi connectivity index (χ1) is 6.20. The van der Waals surface area contributed by atoms with Gasteiger partial charge in [-0.05, 0) is 13.8 Å². The molecule has 0 radical (unpaired) electrons. The predicted octanol–water partition coefficient (Wildman–Crippen LogP) is 0.765. The van der Waals surface area contributed by atoms with Crippen LogP contribution in [0.1, 0.15) is 24.3 Å². The van der Waals surface area contributed by atoms with E-state index in [-0.39, 0.29) is 6.10 Å². The average molecular weight is 183 g/mol. The minimum atomic E-state index is -0.0151. The first-order valence-electron chi connectivity index (χ1n) is 4.50. The van der Waals surface area contributed by atoms with Crippen molar-refractivity contribution in [3.63, 3.8) is 0 Å². The first-order valence-corrected chi connectivity index (χ1v) is 4.50. The number of rotatable bonds is 4. The highest BCUT2D eigenvalue weighted by Crippen LogP contribution is 2.18. The largest absolute Gasteiger partial charge is 0.372 e. The van der Waals surface area contributed by atoms with Gasteiger partial charge in [-0.15, -0.1) is 0 Å². The molecular weight excluding hydrogens is 166 g/mol. The lowest BCUT2D eigenvalue weighted by Crippen LogP contribution is -2.16. The lowest BCUT2D eigenvalue weighted by Gasteiger charge is -2.14. The smallest absolute Gasteiger partial charge is 0.0979 e. The highest BCUT2D eigenvalue weighted by Gasteiger charge is 2.14. The molecule has 1 heterocycles. The molecule has 0 aliphatic carbocycles. The van der Waals surface area contributed by atoms with Crippen molar-refractivity contribution < 1.29 is 4.74 Å². The molecule has 74 valence electrons. The molecule has 0 amide bonds. The molecule has 0 aliphatic rings.